The van der Waals surface area contributed by atoms with Gasteiger partial charge in [0, 0.05) is 36.3 Å². The summed E-state index contributed by atoms with van der Waals surface area (Å²) in [5, 5.41) is 7.31. The summed E-state index contributed by atoms with van der Waals surface area (Å²) < 4.78 is 33.7. The van der Waals surface area contributed by atoms with Gasteiger partial charge < -0.3 is 9.73 Å². The summed E-state index contributed by atoms with van der Waals surface area (Å²) >= 11 is 0. The van der Waals surface area contributed by atoms with E-state index in [0.717, 1.165) is 5.56 Å². The maximum absolute atomic E-state index is 13.2. The predicted octanol–water partition coefficient (Wildman–Crippen LogP) is 4.17. The second kappa shape index (κ2) is 11.1. The molecule has 0 radical (unpaired) electrons. The molecule has 12 heteroatoms. The molecule has 3 aromatic heterocycles. The molecule has 0 unspecified atom stereocenters. The first-order valence-electron chi connectivity index (χ1n) is 12.5. The third-order valence-corrected chi connectivity index (χ3v) is 8.25. The predicted molar refractivity (Wildman–Crippen MR) is 150 cm³/mol. The maximum atomic E-state index is 13.2. The number of nitrogens with zero attached hydrogens (tertiary/aromatic N) is 4. The third-order valence-electron chi connectivity index (χ3n) is 6.18. The first-order valence-corrected chi connectivity index (χ1v) is 14.0. The largest absolute Gasteiger partial charge is 0.463 e. The Morgan fingerprint density at radius 3 is 2.35 bits per heavy atom. The summed E-state index contributed by atoms with van der Waals surface area (Å²) in [6, 6.07) is 21.3. The number of carbonyl (C=O) groups is 1. The molecule has 3 heterocycles. The van der Waals surface area contributed by atoms with Crippen molar-refractivity contribution in [3.8, 4) is 28.7 Å². The van der Waals surface area contributed by atoms with Gasteiger partial charge in [-0.3, -0.25) is 14.6 Å². The fourth-order valence-electron chi connectivity index (χ4n) is 4.16. The second-order valence-corrected chi connectivity index (χ2v) is 10.6. The highest BCUT2D eigenvalue weighted by Crippen LogP contribution is 2.25. The van der Waals surface area contributed by atoms with Crippen molar-refractivity contribution in [1.82, 2.24) is 24.1 Å². The van der Waals surface area contributed by atoms with Crippen LogP contribution in [0.4, 0.5) is 5.82 Å². The van der Waals surface area contributed by atoms with Gasteiger partial charge in [0.1, 0.15) is 11.5 Å². The summed E-state index contributed by atoms with van der Waals surface area (Å²) in [5.41, 5.74) is 1.38. The molecular weight excluding hydrogens is 532 g/mol. The minimum absolute atomic E-state index is 0.0834. The molecule has 0 aliphatic carbocycles. The van der Waals surface area contributed by atoms with Gasteiger partial charge in [-0.15, -0.1) is 0 Å². The number of amides is 1. The lowest BCUT2D eigenvalue weighted by Crippen LogP contribution is -2.30. The number of hydrogen-bond acceptors (Lipinski definition) is 7. The molecule has 0 bridgehead atoms. The molecule has 0 spiro atoms. The first-order chi connectivity index (χ1) is 19.3. The molecule has 0 saturated carbocycles. The van der Waals surface area contributed by atoms with Gasteiger partial charge in [0.2, 0.25) is 16.0 Å². The number of H-pyrrole nitrogens is 1. The molecule has 204 valence electrons. The molecule has 1 amide bonds. The van der Waals surface area contributed by atoms with E-state index in [2.05, 4.69) is 20.4 Å². The Bertz CT molecular complexity index is 1790. The number of hydrogen-bond donors (Lipinski definition) is 2. The van der Waals surface area contributed by atoms with Crippen LogP contribution in [0.15, 0.2) is 99.2 Å². The number of carbonyl (C=O) groups excluding carboxylic acids is 1. The van der Waals surface area contributed by atoms with E-state index in [1.54, 1.807) is 32.0 Å². The number of furan rings is 1. The molecule has 2 N–H and O–H groups in total. The number of anilines is 1. The molecule has 2 aromatic carbocycles. The van der Waals surface area contributed by atoms with E-state index in [1.165, 1.54) is 45.6 Å². The summed E-state index contributed by atoms with van der Waals surface area (Å²) in [6.07, 6.45) is 1.50. The van der Waals surface area contributed by atoms with Crippen molar-refractivity contribution in [3.05, 3.63) is 101 Å². The first kappa shape index (κ1) is 26.8. The average Bonchev–Trinajstić information content (AvgIpc) is 3.64. The normalized spacial score (nSPS) is 11.6. The number of sulfonamides is 1. The van der Waals surface area contributed by atoms with Crippen LogP contribution in [0.5, 0.6) is 0 Å². The fraction of sp³-hybridized carbons (Fsp3) is 0.143. The summed E-state index contributed by atoms with van der Waals surface area (Å²) in [5.74, 6) is 0.229. The molecule has 5 rings (SSSR count). The Hall–Kier alpha value is -4.81. The van der Waals surface area contributed by atoms with Gasteiger partial charge in [-0.25, -0.2) is 13.4 Å². The third kappa shape index (κ3) is 5.35. The highest BCUT2D eigenvalue weighted by atomic mass is 32.2. The topological polar surface area (TPSA) is 143 Å². The van der Waals surface area contributed by atoms with Crippen molar-refractivity contribution in [1.29, 1.82) is 0 Å². The van der Waals surface area contributed by atoms with Crippen molar-refractivity contribution in [2.24, 2.45) is 0 Å². The van der Waals surface area contributed by atoms with Crippen molar-refractivity contribution < 1.29 is 17.6 Å². The van der Waals surface area contributed by atoms with Crippen LogP contribution in [0.3, 0.4) is 0 Å². The Labute approximate surface area is 230 Å². The molecule has 0 aliphatic rings. The Morgan fingerprint density at radius 2 is 1.70 bits per heavy atom. The molecule has 5 aromatic rings. The van der Waals surface area contributed by atoms with Crippen LogP contribution in [0, 0.1) is 0 Å². The van der Waals surface area contributed by atoms with Gasteiger partial charge >= 0.3 is 0 Å². The van der Waals surface area contributed by atoms with E-state index in [1.807, 2.05) is 30.3 Å². The quantitative estimate of drug-likeness (QED) is 0.276. The minimum Gasteiger partial charge on any atom is -0.463 e. The lowest BCUT2D eigenvalue weighted by atomic mass is 10.1. The zero-order valence-corrected chi connectivity index (χ0v) is 22.6. The second-order valence-electron chi connectivity index (χ2n) is 8.69. The van der Waals surface area contributed by atoms with Gasteiger partial charge in [-0.05, 0) is 36.4 Å². The van der Waals surface area contributed by atoms with Crippen LogP contribution in [0.2, 0.25) is 0 Å². The van der Waals surface area contributed by atoms with Crippen molar-refractivity contribution >= 4 is 21.7 Å². The summed E-state index contributed by atoms with van der Waals surface area (Å²) in [6.45, 7) is 4.20. The zero-order chi connectivity index (χ0) is 28.3. The molecule has 0 atom stereocenters. The van der Waals surface area contributed by atoms with Crippen LogP contribution in [0.1, 0.15) is 24.2 Å². The smallest absolute Gasteiger partial charge is 0.256 e. The highest BCUT2D eigenvalue weighted by Gasteiger charge is 2.22. The van der Waals surface area contributed by atoms with Gasteiger partial charge in [-0.1, -0.05) is 44.2 Å². The van der Waals surface area contributed by atoms with Gasteiger partial charge in [0.25, 0.3) is 11.5 Å². The zero-order valence-electron chi connectivity index (χ0n) is 21.7. The SMILES string of the molecule is CCN(CC)S(=O)(=O)c1ccc(C(=O)Nc2cc(-c3ccco3)nn2-c2nc(-c3ccccc3)cc(=O)[nH]2)cc1. The number of aromatic amines is 1. The molecule has 0 aliphatic heterocycles. The van der Waals surface area contributed by atoms with Crippen LogP contribution in [-0.2, 0) is 10.0 Å². The number of rotatable bonds is 9. The van der Waals surface area contributed by atoms with E-state index in [9.17, 15) is 18.0 Å². The Morgan fingerprint density at radius 1 is 0.975 bits per heavy atom. The fourth-order valence-corrected chi connectivity index (χ4v) is 5.62. The van der Waals surface area contributed by atoms with E-state index >= 15 is 0 Å². The molecule has 0 fully saturated rings. The van der Waals surface area contributed by atoms with Crippen LogP contribution >= 0.6 is 0 Å². The number of aromatic nitrogens is 4. The molecule has 0 saturated heterocycles. The van der Waals surface area contributed by atoms with E-state index < -0.39 is 21.5 Å². The minimum atomic E-state index is -3.66. The number of nitrogens with one attached hydrogen (secondary N) is 2. The molecule has 11 nitrogen and oxygen atoms in total. The van der Waals surface area contributed by atoms with E-state index in [0.29, 0.717) is 30.2 Å². The average molecular weight is 559 g/mol. The van der Waals surface area contributed by atoms with Crippen LogP contribution in [0.25, 0.3) is 28.7 Å². The van der Waals surface area contributed by atoms with Crippen LogP contribution < -0.4 is 10.9 Å². The summed E-state index contributed by atoms with van der Waals surface area (Å²) in [4.78, 5) is 33.1. The van der Waals surface area contributed by atoms with Gasteiger partial charge in [-0.2, -0.15) is 14.1 Å². The van der Waals surface area contributed by atoms with E-state index in [4.69, 9.17) is 4.42 Å². The number of benzene rings is 2. The van der Waals surface area contributed by atoms with Crippen molar-refractivity contribution in [2.45, 2.75) is 18.7 Å². The Kier molecular flexibility index (Phi) is 7.45. The lowest BCUT2D eigenvalue weighted by Gasteiger charge is -2.18. The van der Waals surface area contributed by atoms with Crippen molar-refractivity contribution in [2.75, 3.05) is 18.4 Å². The van der Waals surface area contributed by atoms with Crippen LogP contribution in [-0.4, -0.2) is 51.5 Å². The van der Waals surface area contributed by atoms with Gasteiger partial charge in [0.15, 0.2) is 5.76 Å². The monoisotopic (exact) mass is 558 g/mol. The van der Waals surface area contributed by atoms with Gasteiger partial charge in [0.05, 0.1) is 16.9 Å². The van der Waals surface area contributed by atoms with E-state index in [-0.39, 0.29) is 22.2 Å². The highest BCUT2D eigenvalue weighted by molar-refractivity contribution is 7.89. The summed E-state index contributed by atoms with van der Waals surface area (Å²) in [7, 11) is -3.66. The van der Waals surface area contributed by atoms with Crippen molar-refractivity contribution in [3.63, 3.8) is 0 Å². The molecule has 40 heavy (non-hydrogen) atoms. The maximum Gasteiger partial charge on any atom is 0.256 e. The lowest BCUT2D eigenvalue weighted by molar-refractivity contribution is 0.102. The Balaban J connectivity index is 1.50. The standard InChI is InChI=1S/C28H26N6O5S/c1-3-33(4-2)40(37,38)21-14-12-20(13-15-21)27(36)30-25-17-23(24-11-8-16-39-24)32-34(25)28-29-22(18-26(35)31-28)19-9-6-5-7-10-19/h5-18H,3-4H2,1-2H3,(H,30,36)(H,29,31,35). The molecular formula is C28H26N6O5S.